The van der Waals surface area contributed by atoms with Crippen LogP contribution in [0.25, 0.3) is 0 Å². The lowest BCUT2D eigenvalue weighted by Gasteiger charge is -2.15. The number of halogens is 2. The van der Waals surface area contributed by atoms with Crippen molar-refractivity contribution < 1.29 is 4.79 Å². The number of amides is 1. The van der Waals surface area contributed by atoms with Gasteiger partial charge < -0.3 is 4.90 Å². The van der Waals surface area contributed by atoms with Gasteiger partial charge in [-0.2, -0.15) is 0 Å². The molecule has 3 nitrogen and oxygen atoms in total. The SMILES string of the molecule is Cc1ccc(N(C)C(=O)Sc2nc(Cl)c(Cl)s2)cc1. The number of anilines is 1. The Hall–Kier alpha value is -0.750. The van der Waals surface area contributed by atoms with Crippen LogP contribution in [0.1, 0.15) is 5.56 Å². The summed E-state index contributed by atoms with van der Waals surface area (Å²) < 4.78 is 0.939. The number of rotatable bonds is 2. The number of hydrogen-bond donors (Lipinski definition) is 0. The van der Waals surface area contributed by atoms with E-state index in [1.165, 1.54) is 11.3 Å². The summed E-state index contributed by atoms with van der Waals surface area (Å²) in [6.07, 6.45) is 0. The van der Waals surface area contributed by atoms with E-state index in [2.05, 4.69) is 4.98 Å². The van der Waals surface area contributed by atoms with Gasteiger partial charge in [-0.3, -0.25) is 4.79 Å². The van der Waals surface area contributed by atoms with Crippen molar-refractivity contribution in [2.24, 2.45) is 0 Å². The number of benzene rings is 1. The Labute approximate surface area is 129 Å². The third-order valence-corrected chi connectivity index (χ3v) is 5.14. The first kappa shape index (κ1) is 14.7. The molecule has 19 heavy (non-hydrogen) atoms. The highest BCUT2D eigenvalue weighted by Gasteiger charge is 2.16. The number of hydrogen-bond acceptors (Lipinski definition) is 4. The van der Waals surface area contributed by atoms with Gasteiger partial charge in [-0.1, -0.05) is 52.2 Å². The van der Waals surface area contributed by atoms with Gasteiger partial charge in [-0.05, 0) is 19.1 Å². The molecule has 0 radical (unpaired) electrons. The summed E-state index contributed by atoms with van der Waals surface area (Å²) in [5.41, 5.74) is 1.98. The predicted octanol–water partition coefficient (Wildman–Crippen LogP) is 5.11. The molecule has 0 unspecified atom stereocenters. The maximum atomic E-state index is 12.1. The van der Waals surface area contributed by atoms with E-state index < -0.39 is 0 Å². The van der Waals surface area contributed by atoms with Crippen molar-refractivity contribution in [3.63, 3.8) is 0 Å². The second-order valence-electron chi connectivity index (χ2n) is 3.81. The molecule has 0 aliphatic carbocycles. The first-order valence-corrected chi connectivity index (χ1v) is 7.70. The molecule has 0 aliphatic heterocycles. The molecule has 2 rings (SSSR count). The minimum atomic E-state index is -0.133. The molecular weight excluding hydrogens is 323 g/mol. The molecule has 0 fully saturated rings. The maximum Gasteiger partial charge on any atom is 0.292 e. The van der Waals surface area contributed by atoms with Gasteiger partial charge in [0.1, 0.15) is 4.34 Å². The number of carbonyl (C=O) groups excluding carboxylic acids is 1. The Morgan fingerprint density at radius 1 is 1.32 bits per heavy atom. The Kier molecular flexibility index (Phi) is 4.73. The largest absolute Gasteiger partial charge is 0.306 e. The van der Waals surface area contributed by atoms with Gasteiger partial charge in [-0.15, -0.1) is 0 Å². The summed E-state index contributed by atoms with van der Waals surface area (Å²) in [7, 11) is 1.72. The molecule has 1 heterocycles. The fraction of sp³-hybridized carbons (Fsp3) is 0.167. The molecule has 0 atom stereocenters. The van der Waals surface area contributed by atoms with Crippen LogP contribution in [0.4, 0.5) is 10.5 Å². The smallest absolute Gasteiger partial charge is 0.292 e. The van der Waals surface area contributed by atoms with Crippen LogP contribution in [0.5, 0.6) is 0 Å². The highest BCUT2D eigenvalue weighted by atomic mass is 35.5. The molecule has 0 aliphatic rings. The highest BCUT2D eigenvalue weighted by molar-refractivity contribution is 8.15. The third-order valence-electron chi connectivity index (χ3n) is 2.40. The fourth-order valence-electron chi connectivity index (χ4n) is 1.33. The molecular formula is C12H10Cl2N2OS2. The van der Waals surface area contributed by atoms with E-state index in [1.807, 2.05) is 31.2 Å². The van der Waals surface area contributed by atoms with Crippen LogP contribution in [-0.4, -0.2) is 17.3 Å². The van der Waals surface area contributed by atoms with Crippen LogP contribution in [-0.2, 0) is 0 Å². The number of aryl methyl sites for hydroxylation is 1. The van der Waals surface area contributed by atoms with Crippen LogP contribution in [0, 0.1) is 6.92 Å². The molecule has 0 N–H and O–H groups in total. The molecule has 0 saturated carbocycles. The summed E-state index contributed by atoms with van der Waals surface area (Å²) in [6.45, 7) is 2.00. The zero-order valence-electron chi connectivity index (χ0n) is 10.2. The van der Waals surface area contributed by atoms with Crippen LogP contribution in [0.3, 0.4) is 0 Å². The van der Waals surface area contributed by atoms with Crippen LogP contribution >= 0.6 is 46.3 Å². The van der Waals surface area contributed by atoms with Crippen molar-refractivity contribution in [3.8, 4) is 0 Å². The van der Waals surface area contributed by atoms with Crippen LogP contribution < -0.4 is 4.90 Å². The van der Waals surface area contributed by atoms with E-state index in [1.54, 1.807) is 11.9 Å². The summed E-state index contributed by atoms with van der Waals surface area (Å²) in [4.78, 5) is 17.7. The van der Waals surface area contributed by atoms with Crippen molar-refractivity contribution in [1.82, 2.24) is 4.98 Å². The minimum absolute atomic E-state index is 0.133. The summed E-state index contributed by atoms with van der Waals surface area (Å²) in [6, 6.07) is 7.72. The Balaban J connectivity index is 2.09. The molecule has 1 aromatic carbocycles. The van der Waals surface area contributed by atoms with E-state index >= 15 is 0 Å². The quantitative estimate of drug-likeness (QED) is 0.716. The van der Waals surface area contributed by atoms with E-state index in [4.69, 9.17) is 23.2 Å². The predicted molar refractivity (Wildman–Crippen MR) is 83.0 cm³/mol. The number of thiazole rings is 1. The molecule has 0 spiro atoms. The summed E-state index contributed by atoms with van der Waals surface area (Å²) in [5, 5.41) is 0.103. The first-order chi connectivity index (χ1) is 8.97. The molecule has 1 amide bonds. The molecule has 0 bridgehead atoms. The first-order valence-electron chi connectivity index (χ1n) is 5.31. The standard InChI is InChI=1S/C12H10Cl2N2OS2/c1-7-3-5-8(6-4-7)16(2)12(17)19-11-15-9(13)10(14)18-11/h3-6H,1-2H3. The topological polar surface area (TPSA) is 33.2 Å². The van der Waals surface area contributed by atoms with Crippen molar-refractivity contribution >= 4 is 57.2 Å². The number of thioether (sulfide) groups is 1. The summed E-state index contributed by atoms with van der Waals surface area (Å²) in [5.74, 6) is 0. The zero-order valence-corrected chi connectivity index (χ0v) is 13.3. The van der Waals surface area contributed by atoms with E-state index in [-0.39, 0.29) is 10.4 Å². The molecule has 2 aromatic rings. The van der Waals surface area contributed by atoms with E-state index in [9.17, 15) is 4.79 Å². The Morgan fingerprint density at radius 2 is 1.95 bits per heavy atom. The second-order valence-corrected chi connectivity index (χ2v) is 6.96. The van der Waals surface area contributed by atoms with Gasteiger partial charge in [0.25, 0.3) is 5.24 Å². The van der Waals surface area contributed by atoms with Crippen molar-refractivity contribution in [3.05, 3.63) is 39.3 Å². The van der Waals surface area contributed by atoms with Gasteiger partial charge in [0, 0.05) is 24.5 Å². The number of nitrogens with zero attached hydrogens (tertiary/aromatic N) is 2. The van der Waals surface area contributed by atoms with Crippen molar-refractivity contribution in [1.29, 1.82) is 0 Å². The van der Waals surface area contributed by atoms with Crippen LogP contribution in [0.2, 0.25) is 9.49 Å². The van der Waals surface area contributed by atoms with E-state index in [0.717, 1.165) is 23.0 Å². The third kappa shape index (κ3) is 3.63. The average Bonchev–Trinajstić information content (AvgIpc) is 2.68. The highest BCUT2D eigenvalue weighted by Crippen LogP contribution is 2.35. The maximum absolute atomic E-state index is 12.1. The van der Waals surface area contributed by atoms with Crippen molar-refractivity contribution in [2.45, 2.75) is 11.3 Å². The van der Waals surface area contributed by atoms with E-state index in [0.29, 0.717) is 8.68 Å². The molecule has 7 heteroatoms. The lowest BCUT2D eigenvalue weighted by atomic mass is 10.2. The summed E-state index contributed by atoms with van der Waals surface area (Å²) >= 11 is 13.8. The Morgan fingerprint density at radius 3 is 2.47 bits per heavy atom. The van der Waals surface area contributed by atoms with Gasteiger partial charge in [-0.25, -0.2) is 4.98 Å². The van der Waals surface area contributed by atoms with Gasteiger partial charge in [0.15, 0.2) is 9.49 Å². The fourth-order valence-corrected chi connectivity index (χ4v) is 3.60. The van der Waals surface area contributed by atoms with Gasteiger partial charge in [0.05, 0.1) is 0 Å². The molecule has 0 saturated heterocycles. The average molecular weight is 333 g/mol. The van der Waals surface area contributed by atoms with Crippen LogP contribution in [0.15, 0.2) is 28.6 Å². The lowest BCUT2D eigenvalue weighted by Crippen LogP contribution is -2.21. The monoisotopic (exact) mass is 332 g/mol. The van der Waals surface area contributed by atoms with Gasteiger partial charge >= 0.3 is 0 Å². The Bertz CT molecular complexity index is 579. The van der Waals surface area contributed by atoms with Crippen molar-refractivity contribution in [2.75, 3.05) is 11.9 Å². The number of aromatic nitrogens is 1. The lowest BCUT2D eigenvalue weighted by molar-refractivity contribution is 0.266. The minimum Gasteiger partial charge on any atom is -0.306 e. The normalized spacial score (nSPS) is 10.5. The zero-order chi connectivity index (χ0) is 14.0. The second kappa shape index (κ2) is 6.13. The molecule has 100 valence electrons. The van der Waals surface area contributed by atoms with Gasteiger partial charge in [0.2, 0.25) is 0 Å². The number of carbonyl (C=O) groups is 1. The molecule has 1 aromatic heterocycles.